The molecule has 0 aromatic heterocycles. The summed E-state index contributed by atoms with van der Waals surface area (Å²) < 4.78 is 9.88. The van der Waals surface area contributed by atoms with Gasteiger partial charge in [-0.15, -0.1) is 0 Å². The molecule has 0 aliphatic carbocycles. The zero-order chi connectivity index (χ0) is 21.5. The molecule has 3 rings (SSSR count). The van der Waals surface area contributed by atoms with Crippen molar-refractivity contribution in [2.45, 2.75) is 12.2 Å². The van der Waals surface area contributed by atoms with Crippen molar-refractivity contribution in [3.05, 3.63) is 102 Å². The van der Waals surface area contributed by atoms with E-state index in [1.165, 1.54) is 36.4 Å². The van der Waals surface area contributed by atoms with Crippen molar-refractivity contribution in [1.29, 1.82) is 0 Å². The van der Waals surface area contributed by atoms with Crippen molar-refractivity contribution < 1.29 is 34.1 Å². The molecular formula is C23H18O7. The van der Waals surface area contributed by atoms with Crippen LogP contribution < -0.4 is 4.74 Å². The van der Waals surface area contributed by atoms with E-state index in [4.69, 9.17) is 9.47 Å². The lowest BCUT2D eigenvalue weighted by atomic mass is 10.1. The molecule has 0 bridgehead atoms. The van der Waals surface area contributed by atoms with Gasteiger partial charge in [0.1, 0.15) is 11.3 Å². The van der Waals surface area contributed by atoms with E-state index < -0.39 is 30.1 Å². The minimum Gasteiger partial charge on any atom is -0.423 e. The molecule has 0 unspecified atom stereocenters. The monoisotopic (exact) mass is 406 g/mol. The number of hydrogen-bond donors (Lipinski definition) is 2. The van der Waals surface area contributed by atoms with Crippen molar-refractivity contribution in [2.75, 3.05) is 0 Å². The Kier molecular flexibility index (Phi) is 6.69. The Morgan fingerprint density at radius 1 is 0.633 bits per heavy atom. The highest BCUT2D eigenvalue weighted by molar-refractivity contribution is 6.00. The lowest BCUT2D eigenvalue weighted by Crippen LogP contribution is -2.22. The fourth-order valence-electron chi connectivity index (χ4n) is 2.63. The van der Waals surface area contributed by atoms with E-state index in [2.05, 4.69) is 0 Å². The summed E-state index contributed by atoms with van der Waals surface area (Å²) >= 11 is 0. The molecule has 0 aliphatic rings. The summed E-state index contributed by atoms with van der Waals surface area (Å²) in [6.45, 7) is 0. The maximum atomic E-state index is 12.4. The average Bonchev–Trinajstić information content (AvgIpc) is 2.79. The molecule has 0 amide bonds. The summed E-state index contributed by atoms with van der Waals surface area (Å²) in [4.78, 5) is 36.8. The number of hydrogen-bond acceptors (Lipinski definition) is 7. The van der Waals surface area contributed by atoms with Crippen LogP contribution in [0.5, 0.6) is 5.75 Å². The number of benzene rings is 3. The Morgan fingerprint density at radius 2 is 1.10 bits per heavy atom. The van der Waals surface area contributed by atoms with Crippen LogP contribution in [-0.2, 0) is 14.3 Å². The second kappa shape index (κ2) is 9.60. The van der Waals surface area contributed by atoms with Crippen LogP contribution in [-0.4, -0.2) is 28.1 Å². The van der Waals surface area contributed by atoms with Crippen LogP contribution in [0.15, 0.2) is 84.9 Å². The third-order valence-electron chi connectivity index (χ3n) is 4.19. The number of para-hydroxylation sites is 1. The topological polar surface area (TPSA) is 110 Å². The van der Waals surface area contributed by atoms with Crippen LogP contribution in [0.2, 0.25) is 0 Å². The molecule has 0 radical (unpaired) electrons. The van der Waals surface area contributed by atoms with Crippen LogP contribution in [0.4, 0.5) is 0 Å². The summed E-state index contributed by atoms with van der Waals surface area (Å²) in [5.74, 6) is -3.47. The molecule has 0 aliphatic heterocycles. The molecule has 152 valence electrons. The molecule has 0 saturated carbocycles. The lowest BCUT2D eigenvalue weighted by molar-refractivity contribution is -0.147. The van der Waals surface area contributed by atoms with E-state index >= 15 is 0 Å². The highest BCUT2D eigenvalue weighted by Gasteiger charge is 2.26. The van der Waals surface area contributed by atoms with Gasteiger partial charge in [-0.05, 0) is 23.3 Å². The maximum absolute atomic E-state index is 12.4. The van der Waals surface area contributed by atoms with Crippen molar-refractivity contribution in [1.82, 2.24) is 0 Å². The number of carbonyl (C=O) groups is 3. The van der Waals surface area contributed by atoms with Gasteiger partial charge in [0.25, 0.3) is 0 Å². The number of rotatable bonds is 6. The fourth-order valence-corrected chi connectivity index (χ4v) is 2.63. The average molecular weight is 406 g/mol. The Morgan fingerprint density at radius 3 is 1.67 bits per heavy atom. The molecule has 2 N–H and O–H groups in total. The van der Waals surface area contributed by atoms with Crippen LogP contribution >= 0.6 is 0 Å². The zero-order valence-electron chi connectivity index (χ0n) is 15.7. The second-order valence-corrected chi connectivity index (χ2v) is 6.25. The van der Waals surface area contributed by atoms with Crippen molar-refractivity contribution in [3.8, 4) is 5.75 Å². The van der Waals surface area contributed by atoms with Gasteiger partial charge in [-0.2, -0.15) is 0 Å². The molecule has 0 spiro atoms. The molecule has 7 nitrogen and oxygen atoms in total. The summed E-state index contributed by atoms with van der Waals surface area (Å²) in [6, 6.07) is 21.7. The van der Waals surface area contributed by atoms with Gasteiger partial charge < -0.3 is 19.7 Å². The van der Waals surface area contributed by atoms with Crippen LogP contribution in [0.3, 0.4) is 0 Å². The summed E-state index contributed by atoms with van der Waals surface area (Å²) in [5.41, 5.74) is 0.379. The molecule has 30 heavy (non-hydrogen) atoms. The van der Waals surface area contributed by atoms with Gasteiger partial charge in [0.05, 0.1) is 0 Å². The quantitative estimate of drug-likeness (QED) is 0.368. The van der Waals surface area contributed by atoms with E-state index in [0.717, 1.165) is 0 Å². The van der Waals surface area contributed by atoms with Crippen LogP contribution in [0.25, 0.3) is 0 Å². The highest BCUT2D eigenvalue weighted by Crippen LogP contribution is 2.23. The highest BCUT2D eigenvalue weighted by atomic mass is 16.6. The molecule has 2 atom stereocenters. The summed E-state index contributed by atoms with van der Waals surface area (Å²) in [6.07, 6.45) is -3.21. The predicted molar refractivity (Wildman–Crippen MR) is 105 cm³/mol. The molecular weight excluding hydrogens is 388 g/mol. The van der Waals surface area contributed by atoms with Gasteiger partial charge in [-0.1, -0.05) is 72.8 Å². The van der Waals surface area contributed by atoms with Gasteiger partial charge in [0.2, 0.25) is 0 Å². The molecule has 0 fully saturated rings. The van der Waals surface area contributed by atoms with Crippen molar-refractivity contribution in [2.24, 2.45) is 0 Å². The Hall–Kier alpha value is -3.81. The first-order valence-electron chi connectivity index (χ1n) is 9.00. The maximum Gasteiger partial charge on any atom is 0.349 e. The minimum atomic E-state index is -1.65. The van der Waals surface area contributed by atoms with Gasteiger partial charge in [0, 0.05) is 0 Å². The van der Waals surface area contributed by atoms with E-state index in [1.807, 2.05) is 0 Å². The third-order valence-corrected chi connectivity index (χ3v) is 4.19. The van der Waals surface area contributed by atoms with E-state index in [0.29, 0.717) is 5.56 Å². The third kappa shape index (κ3) is 4.96. The number of carbonyl (C=O) groups excluding carboxylic acids is 3. The molecule has 0 heterocycles. The molecule has 3 aromatic carbocycles. The van der Waals surface area contributed by atoms with E-state index in [-0.39, 0.29) is 16.9 Å². The summed E-state index contributed by atoms with van der Waals surface area (Å²) in [7, 11) is 0. The van der Waals surface area contributed by atoms with E-state index in [1.54, 1.807) is 48.5 Å². The first kappa shape index (κ1) is 20.9. The Bertz CT molecular complexity index is 1030. The van der Waals surface area contributed by atoms with Gasteiger partial charge in [0.15, 0.2) is 12.2 Å². The number of aliphatic hydroxyl groups is 2. The van der Waals surface area contributed by atoms with Gasteiger partial charge in [-0.3, -0.25) is 0 Å². The fraction of sp³-hybridized carbons (Fsp3) is 0.0870. The first-order chi connectivity index (χ1) is 14.5. The standard InChI is InChI=1S/C23H18O7/c24-19(15-9-3-1-4-10-15)22(27)29-18-14-8-7-13-17(18)21(26)30-23(28)20(25)16-11-5-2-6-12-16/h1-14,19-20,24-25H/t19-,20-/m1/s1. The minimum absolute atomic E-state index is 0.190. The Balaban J connectivity index is 1.72. The number of esters is 3. The smallest absolute Gasteiger partial charge is 0.349 e. The number of aliphatic hydroxyl groups excluding tert-OH is 2. The van der Waals surface area contributed by atoms with E-state index in [9.17, 15) is 24.6 Å². The van der Waals surface area contributed by atoms with Crippen LogP contribution in [0.1, 0.15) is 33.7 Å². The SMILES string of the molecule is O=C(OC(=O)[C@H](O)c1ccccc1)c1ccccc1OC(=O)[C@H](O)c1ccccc1. The predicted octanol–water partition coefficient (Wildman–Crippen LogP) is 2.74. The molecule has 3 aromatic rings. The first-order valence-corrected chi connectivity index (χ1v) is 9.00. The molecule has 0 saturated heterocycles. The summed E-state index contributed by atoms with van der Waals surface area (Å²) in [5, 5.41) is 20.2. The van der Waals surface area contributed by atoms with Gasteiger partial charge in [-0.25, -0.2) is 14.4 Å². The lowest BCUT2D eigenvalue weighted by Gasteiger charge is -2.14. The molecule has 7 heteroatoms. The van der Waals surface area contributed by atoms with Gasteiger partial charge >= 0.3 is 17.9 Å². The van der Waals surface area contributed by atoms with Crippen molar-refractivity contribution >= 4 is 17.9 Å². The normalized spacial score (nSPS) is 12.5. The van der Waals surface area contributed by atoms with Crippen molar-refractivity contribution in [3.63, 3.8) is 0 Å². The van der Waals surface area contributed by atoms with Crippen LogP contribution in [0, 0.1) is 0 Å². The zero-order valence-corrected chi connectivity index (χ0v) is 15.7. The Labute approximate surface area is 172 Å². The largest absolute Gasteiger partial charge is 0.423 e. The second-order valence-electron chi connectivity index (χ2n) is 6.25. The number of ether oxygens (including phenoxy) is 2.